The first-order valence-electron chi connectivity index (χ1n) is 12.6. The molecule has 170 valence electrons. The van der Waals surface area contributed by atoms with Crippen LogP contribution in [0.3, 0.4) is 0 Å². The summed E-state index contributed by atoms with van der Waals surface area (Å²) < 4.78 is 29.4. The molecular weight excluding hydrogens is 386 g/mol. The highest BCUT2D eigenvalue weighted by Gasteiger charge is 2.20. The Morgan fingerprint density at radius 1 is 0.935 bits per heavy atom. The summed E-state index contributed by atoms with van der Waals surface area (Å²) >= 11 is 0. The van der Waals surface area contributed by atoms with Crippen molar-refractivity contribution in [3.63, 3.8) is 0 Å². The topological polar surface area (TPSA) is 0 Å². The average Bonchev–Trinajstić information content (AvgIpc) is 2.80. The third kappa shape index (κ3) is 6.89. The lowest BCUT2D eigenvalue weighted by atomic mass is 9.80. The summed E-state index contributed by atoms with van der Waals surface area (Å²) in [6.45, 7) is 4.29. The zero-order valence-corrected chi connectivity index (χ0v) is 19.5. The molecule has 0 aromatic heterocycles. The van der Waals surface area contributed by atoms with Crippen molar-refractivity contribution in [1.29, 1.82) is 0 Å². The van der Waals surface area contributed by atoms with Crippen molar-refractivity contribution in [3.05, 3.63) is 65.3 Å². The normalized spacial score (nSPS) is 24.8. The minimum Gasteiger partial charge on any atom is -0.203 e. The Morgan fingerprint density at radius 2 is 1.74 bits per heavy atom. The summed E-state index contributed by atoms with van der Waals surface area (Å²) in [6.07, 6.45) is 24.2. The zero-order valence-electron chi connectivity index (χ0n) is 19.5. The van der Waals surface area contributed by atoms with Gasteiger partial charge in [0.1, 0.15) is 0 Å². The first-order chi connectivity index (χ1) is 15.1. The van der Waals surface area contributed by atoms with Gasteiger partial charge in [0.15, 0.2) is 11.6 Å². The fourth-order valence-corrected chi connectivity index (χ4v) is 5.23. The Labute approximate surface area is 188 Å². The number of halogens is 2. The largest absolute Gasteiger partial charge is 0.203 e. The monoisotopic (exact) mass is 426 g/mol. The van der Waals surface area contributed by atoms with Gasteiger partial charge in [-0.2, -0.15) is 0 Å². The average molecular weight is 427 g/mol. The van der Waals surface area contributed by atoms with E-state index in [0.29, 0.717) is 29.4 Å². The van der Waals surface area contributed by atoms with E-state index in [2.05, 4.69) is 44.2 Å². The summed E-state index contributed by atoms with van der Waals surface area (Å²) in [5, 5.41) is 0. The standard InChI is InChI=1S/C29H40F2/c1-3-5-6-9-23-12-14-24(15-13-23)10-7-8-11-26-20-21-27(29(31)28(26)30)25-18-16-22(4-2)17-19-25/h3,5,7,10,18,20-24H,4,6,8-9,11-17,19H2,1-2H3. The Bertz CT molecular complexity index is 778. The molecule has 0 nitrogen and oxygen atoms in total. The van der Waals surface area contributed by atoms with Crippen LogP contribution in [0, 0.1) is 29.4 Å². The van der Waals surface area contributed by atoms with Crippen LogP contribution < -0.4 is 0 Å². The van der Waals surface area contributed by atoms with Crippen LogP contribution in [0.2, 0.25) is 0 Å². The maximum atomic E-state index is 14.7. The molecule has 0 radical (unpaired) electrons. The molecule has 1 saturated carbocycles. The first-order valence-corrected chi connectivity index (χ1v) is 12.6. The predicted molar refractivity (Wildman–Crippen MR) is 129 cm³/mol. The van der Waals surface area contributed by atoms with E-state index in [1.165, 1.54) is 38.5 Å². The van der Waals surface area contributed by atoms with Gasteiger partial charge in [0, 0.05) is 5.56 Å². The molecule has 31 heavy (non-hydrogen) atoms. The molecule has 2 aliphatic rings. The molecule has 1 atom stereocenters. The molecule has 0 aliphatic heterocycles. The van der Waals surface area contributed by atoms with Crippen LogP contribution >= 0.6 is 0 Å². The van der Waals surface area contributed by atoms with Gasteiger partial charge in [-0.1, -0.05) is 55.9 Å². The van der Waals surface area contributed by atoms with Crippen LogP contribution in [0.4, 0.5) is 8.78 Å². The van der Waals surface area contributed by atoms with Crippen LogP contribution in [0.25, 0.3) is 5.57 Å². The number of benzene rings is 1. The van der Waals surface area contributed by atoms with E-state index >= 15 is 0 Å². The van der Waals surface area contributed by atoms with E-state index in [1.807, 2.05) is 0 Å². The fraction of sp³-hybridized carbons (Fsp3) is 0.586. The van der Waals surface area contributed by atoms with Gasteiger partial charge in [-0.05, 0) is 106 Å². The summed E-state index contributed by atoms with van der Waals surface area (Å²) in [4.78, 5) is 0. The van der Waals surface area contributed by atoms with Gasteiger partial charge < -0.3 is 0 Å². The van der Waals surface area contributed by atoms with Crippen molar-refractivity contribution in [2.75, 3.05) is 0 Å². The summed E-state index contributed by atoms with van der Waals surface area (Å²) in [5.41, 5.74) is 1.95. The Hall–Kier alpha value is -1.70. The predicted octanol–water partition coefficient (Wildman–Crippen LogP) is 9.21. The third-order valence-electron chi connectivity index (χ3n) is 7.46. The highest BCUT2D eigenvalue weighted by atomic mass is 19.2. The van der Waals surface area contributed by atoms with Crippen LogP contribution in [-0.4, -0.2) is 0 Å². The molecule has 1 fully saturated rings. The first kappa shape index (κ1) is 24.0. The van der Waals surface area contributed by atoms with Crippen molar-refractivity contribution in [3.8, 4) is 0 Å². The van der Waals surface area contributed by atoms with E-state index in [9.17, 15) is 8.78 Å². The molecule has 0 spiro atoms. The number of hydrogen-bond donors (Lipinski definition) is 0. The number of hydrogen-bond acceptors (Lipinski definition) is 0. The van der Waals surface area contributed by atoms with Crippen molar-refractivity contribution >= 4 is 5.57 Å². The quantitative estimate of drug-likeness (QED) is 0.345. The Balaban J connectivity index is 1.47. The second-order valence-corrected chi connectivity index (χ2v) is 9.57. The van der Waals surface area contributed by atoms with Crippen LogP contribution in [-0.2, 0) is 6.42 Å². The van der Waals surface area contributed by atoms with Crippen LogP contribution in [0.1, 0.15) is 95.6 Å². The minimum absolute atomic E-state index is 0.470. The summed E-state index contributed by atoms with van der Waals surface area (Å²) in [6, 6.07) is 3.59. The molecule has 1 aromatic rings. The molecule has 0 bridgehead atoms. The third-order valence-corrected chi connectivity index (χ3v) is 7.46. The van der Waals surface area contributed by atoms with E-state index in [4.69, 9.17) is 0 Å². The van der Waals surface area contributed by atoms with Crippen LogP contribution in [0.5, 0.6) is 0 Å². The molecule has 2 heteroatoms. The van der Waals surface area contributed by atoms with Crippen molar-refractivity contribution in [1.82, 2.24) is 0 Å². The maximum Gasteiger partial charge on any atom is 0.166 e. The smallest absolute Gasteiger partial charge is 0.166 e. The van der Waals surface area contributed by atoms with E-state index < -0.39 is 11.6 Å². The number of allylic oxidation sites excluding steroid dienone is 6. The lowest BCUT2D eigenvalue weighted by Crippen LogP contribution is -2.12. The Kier molecular flexibility index (Phi) is 9.55. The van der Waals surface area contributed by atoms with Crippen LogP contribution in [0.15, 0.2) is 42.5 Å². The maximum absolute atomic E-state index is 14.7. The molecule has 1 aromatic carbocycles. The fourth-order valence-electron chi connectivity index (χ4n) is 5.23. The SMILES string of the molecule is CC=CCCC1CCC(C=CCCc2ccc(C3=CCC(CC)CC3)c(F)c2F)CC1. The van der Waals surface area contributed by atoms with Crippen molar-refractivity contribution in [2.45, 2.75) is 90.9 Å². The Morgan fingerprint density at radius 3 is 2.42 bits per heavy atom. The van der Waals surface area contributed by atoms with E-state index in [1.54, 1.807) is 12.1 Å². The molecule has 0 amide bonds. The van der Waals surface area contributed by atoms with Gasteiger partial charge >= 0.3 is 0 Å². The molecule has 1 unspecified atom stereocenters. The highest BCUT2D eigenvalue weighted by Crippen LogP contribution is 2.34. The lowest BCUT2D eigenvalue weighted by molar-refractivity contribution is 0.297. The van der Waals surface area contributed by atoms with Gasteiger partial charge in [-0.25, -0.2) is 8.78 Å². The zero-order chi connectivity index (χ0) is 22.1. The number of rotatable bonds is 9. The second-order valence-electron chi connectivity index (χ2n) is 9.57. The highest BCUT2D eigenvalue weighted by molar-refractivity contribution is 5.67. The van der Waals surface area contributed by atoms with Crippen molar-refractivity contribution < 1.29 is 8.78 Å². The van der Waals surface area contributed by atoms with Gasteiger partial charge in [0.2, 0.25) is 0 Å². The lowest BCUT2D eigenvalue weighted by Gasteiger charge is -2.26. The van der Waals surface area contributed by atoms with Gasteiger partial charge in [0.25, 0.3) is 0 Å². The minimum atomic E-state index is -0.654. The van der Waals surface area contributed by atoms with E-state index in [-0.39, 0.29) is 0 Å². The summed E-state index contributed by atoms with van der Waals surface area (Å²) in [7, 11) is 0. The number of aryl methyl sites for hydroxylation is 1. The van der Waals surface area contributed by atoms with Gasteiger partial charge in [-0.15, -0.1) is 0 Å². The molecular formula is C29H40F2. The van der Waals surface area contributed by atoms with Gasteiger partial charge in [0.05, 0.1) is 0 Å². The van der Waals surface area contributed by atoms with Crippen molar-refractivity contribution in [2.24, 2.45) is 17.8 Å². The summed E-state index contributed by atoms with van der Waals surface area (Å²) in [5.74, 6) is 0.927. The molecule has 2 aliphatic carbocycles. The molecule has 0 N–H and O–H groups in total. The van der Waals surface area contributed by atoms with E-state index in [0.717, 1.165) is 43.6 Å². The molecule has 3 rings (SSSR count). The van der Waals surface area contributed by atoms with Gasteiger partial charge in [-0.3, -0.25) is 0 Å². The molecule has 0 saturated heterocycles. The second kappa shape index (κ2) is 12.4. The molecule has 0 heterocycles.